The fourth-order valence-electron chi connectivity index (χ4n) is 7.71. The Labute approximate surface area is 298 Å². The number of hydrogen-bond donors (Lipinski definition) is 1. The fourth-order valence-corrected chi connectivity index (χ4v) is 8.70. The third kappa shape index (κ3) is 6.19. The summed E-state index contributed by atoms with van der Waals surface area (Å²) in [7, 11) is -4.16. The lowest BCUT2D eigenvalue weighted by molar-refractivity contribution is -0.126. The molecule has 0 spiro atoms. The summed E-state index contributed by atoms with van der Waals surface area (Å²) in [6, 6.07) is 15.4. The summed E-state index contributed by atoms with van der Waals surface area (Å²) in [4.78, 5) is 35.1. The molecular formula is C37H40ClN7O4S. The highest BCUT2D eigenvalue weighted by Crippen LogP contribution is 2.66. The first kappa shape index (κ1) is 33.9. The van der Waals surface area contributed by atoms with E-state index in [4.69, 9.17) is 14.7 Å². The zero-order valence-corrected chi connectivity index (χ0v) is 30.1. The van der Waals surface area contributed by atoms with Gasteiger partial charge in [-0.1, -0.05) is 38.1 Å². The molecule has 1 atom stereocenters. The molecule has 3 saturated carbocycles. The Balaban J connectivity index is 0.00000392. The molecule has 260 valence electrons. The normalized spacial score (nSPS) is 22.2. The summed E-state index contributed by atoms with van der Waals surface area (Å²) in [5.74, 6) is 1.41. The van der Waals surface area contributed by atoms with E-state index < -0.39 is 10.0 Å². The maximum absolute atomic E-state index is 14.6. The fraction of sp³-hybridized carbons (Fsp3) is 0.378. The van der Waals surface area contributed by atoms with Gasteiger partial charge in [0.25, 0.3) is 15.9 Å². The highest BCUT2D eigenvalue weighted by Gasteiger charge is 2.57. The zero-order chi connectivity index (χ0) is 34.1. The third-order valence-corrected chi connectivity index (χ3v) is 11.7. The lowest BCUT2D eigenvalue weighted by Crippen LogP contribution is -2.56. The Morgan fingerprint density at radius 1 is 0.980 bits per heavy atom. The highest BCUT2D eigenvalue weighted by molar-refractivity contribution is 7.92. The quantitative estimate of drug-likeness (QED) is 0.205. The van der Waals surface area contributed by atoms with Crippen LogP contribution in [0.5, 0.6) is 5.88 Å². The van der Waals surface area contributed by atoms with Crippen molar-refractivity contribution in [1.29, 1.82) is 0 Å². The van der Waals surface area contributed by atoms with E-state index in [-0.39, 0.29) is 71.1 Å². The number of halogens is 1. The van der Waals surface area contributed by atoms with E-state index in [1.807, 2.05) is 54.9 Å². The van der Waals surface area contributed by atoms with Crippen molar-refractivity contribution >= 4 is 40.1 Å². The van der Waals surface area contributed by atoms with Crippen LogP contribution < -0.4 is 9.46 Å². The number of benzene rings is 2. The number of rotatable bonds is 6. The van der Waals surface area contributed by atoms with E-state index >= 15 is 0 Å². The summed E-state index contributed by atoms with van der Waals surface area (Å²) in [6.07, 6.45) is 8.10. The monoisotopic (exact) mass is 713 g/mol. The standard InChI is InChI=1S/C37H39N7O4S.ClH/c1-22(2)31-20-43-12-11-27(38-36(43)40-31)19-44-28(18-37-15-25(16-37)17-37)21-48-32-14-30(33-23(3)7-5-8-24(33)4)39-35(41-32)42-49(46,47)29-10-6-9-26(13-29)34(44)45;/h5-14,20,22,25,28H,15-19,21H2,1-4H3,(H,39,41,42);1H/t25?,28-,37?;/m1./s1. The van der Waals surface area contributed by atoms with Crippen LogP contribution in [0.15, 0.2) is 71.9 Å². The second-order valence-electron chi connectivity index (χ2n) is 14.3. The molecule has 2 aromatic carbocycles. The molecule has 6 bridgehead atoms. The number of amides is 1. The van der Waals surface area contributed by atoms with Crippen molar-refractivity contribution in [2.24, 2.45) is 11.3 Å². The summed E-state index contributed by atoms with van der Waals surface area (Å²) >= 11 is 0. The number of aryl methyl sites for hydroxylation is 2. The predicted octanol–water partition coefficient (Wildman–Crippen LogP) is 6.74. The first-order chi connectivity index (χ1) is 23.4. The Morgan fingerprint density at radius 2 is 1.72 bits per heavy atom. The number of nitrogens with zero attached hydrogens (tertiary/aromatic N) is 6. The molecule has 1 N–H and O–H groups in total. The van der Waals surface area contributed by atoms with E-state index in [0.717, 1.165) is 54.0 Å². The number of hydrogen-bond acceptors (Lipinski definition) is 8. The smallest absolute Gasteiger partial charge is 0.264 e. The molecule has 3 aliphatic carbocycles. The molecule has 1 amide bonds. The van der Waals surface area contributed by atoms with Crippen LogP contribution in [-0.4, -0.2) is 56.2 Å². The molecule has 3 aromatic heterocycles. The molecule has 3 fully saturated rings. The number of ether oxygens (including phenoxy) is 1. The lowest BCUT2D eigenvalue weighted by atomic mass is 9.43. The average Bonchev–Trinajstić information content (AvgIpc) is 3.46. The number of nitrogens with one attached hydrogen (secondary N) is 1. The van der Waals surface area contributed by atoms with Crippen LogP contribution in [0.25, 0.3) is 17.0 Å². The van der Waals surface area contributed by atoms with E-state index in [2.05, 4.69) is 28.5 Å². The maximum atomic E-state index is 14.6. The van der Waals surface area contributed by atoms with Gasteiger partial charge in [-0.3, -0.25) is 9.20 Å². The first-order valence-corrected chi connectivity index (χ1v) is 18.3. The molecule has 1 aliphatic heterocycles. The first-order valence-electron chi connectivity index (χ1n) is 16.8. The van der Waals surface area contributed by atoms with Crippen molar-refractivity contribution in [2.45, 2.75) is 76.8 Å². The van der Waals surface area contributed by atoms with E-state index in [1.54, 1.807) is 23.1 Å². The van der Waals surface area contributed by atoms with Crippen LogP contribution in [0.1, 0.15) is 78.3 Å². The Bertz CT molecular complexity index is 2200. The second-order valence-corrected chi connectivity index (χ2v) is 16.0. The molecule has 9 rings (SSSR count). The number of carbonyl (C=O) groups excluding carboxylic acids is 1. The van der Waals surface area contributed by atoms with Gasteiger partial charge in [0.2, 0.25) is 17.6 Å². The number of imidazole rings is 1. The largest absolute Gasteiger partial charge is 0.475 e. The Hall–Kier alpha value is -4.55. The summed E-state index contributed by atoms with van der Waals surface area (Å²) in [5, 5.41) is 0. The Kier molecular flexibility index (Phi) is 8.58. The van der Waals surface area contributed by atoms with Gasteiger partial charge in [-0.25, -0.2) is 28.1 Å². The van der Waals surface area contributed by atoms with Crippen molar-refractivity contribution in [2.75, 3.05) is 11.3 Å². The van der Waals surface area contributed by atoms with Gasteiger partial charge in [0.1, 0.15) is 6.61 Å². The number of carbonyl (C=O) groups is 1. The second kappa shape index (κ2) is 12.6. The minimum absolute atomic E-state index is 0. The van der Waals surface area contributed by atoms with Crippen molar-refractivity contribution in [3.63, 3.8) is 0 Å². The zero-order valence-electron chi connectivity index (χ0n) is 28.5. The molecule has 0 radical (unpaired) electrons. The summed E-state index contributed by atoms with van der Waals surface area (Å²) in [5.41, 5.74) is 5.46. The topological polar surface area (TPSA) is 132 Å². The lowest BCUT2D eigenvalue weighted by Gasteiger charge is -2.63. The van der Waals surface area contributed by atoms with Crippen LogP contribution in [-0.2, 0) is 16.6 Å². The molecule has 11 nitrogen and oxygen atoms in total. The highest BCUT2D eigenvalue weighted by atomic mass is 35.5. The Morgan fingerprint density at radius 3 is 2.42 bits per heavy atom. The van der Waals surface area contributed by atoms with E-state index in [9.17, 15) is 13.2 Å². The average molecular weight is 714 g/mol. The predicted molar refractivity (Wildman–Crippen MR) is 192 cm³/mol. The number of anilines is 1. The molecule has 4 aliphatic rings. The van der Waals surface area contributed by atoms with Gasteiger partial charge < -0.3 is 9.64 Å². The molecular weight excluding hydrogens is 674 g/mol. The maximum Gasteiger partial charge on any atom is 0.264 e. The summed E-state index contributed by atoms with van der Waals surface area (Å²) in [6.45, 7) is 8.52. The van der Waals surface area contributed by atoms with Crippen molar-refractivity contribution in [3.05, 3.63) is 95.1 Å². The van der Waals surface area contributed by atoms with Crippen molar-refractivity contribution in [1.82, 2.24) is 29.2 Å². The van der Waals surface area contributed by atoms with Gasteiger partial charge in [0.05, 0.1) is 34.6 Å². The van der Waals surface area contributed by atoms with E-state index in [0.29, 0.717) is 17.2 Å². The molecule has 0 saturated heterocycles. The molecule has 5 aromatic rings. The van der Waals surface area contributed by atoms with Gasteiger partial charge in [-0.05, 0) is 92.2 Å². The third-order valence-electron chi connectivity index (χ3n) is 10.3. The van der Waals surface area contributed by atoms with Crippen molar-refractivity contribution in [3.8, 4) is 17.1 Å². The van der Waals surface area contributed by atoms with Crippen molar-refractivity contribution < 1.29 is 17.9 Å². The molecule has 50 heavy (non-hydrogen) atoms. The van der Waals surface area contributed by atoms with Crippen LogP contribution >= 0.6 is 12.4 Å². The van der Waals surface area contributed by atoms with Gasteiger partial charge in [0.15, 0.2) is 0 Å². The number of sulfonamides is 1. The number of fused-ring (bicyclic) bond motifs is 5. The minimum atomic E-state index is -4.16. The molecule has 4 heterocycles. The van der Waals surface area contributed by atoms with Gasteiger partial charge >= 0.3 is 0 Å². The summed E-state index contributed by atoms with van der Waals surface area (Å²) < 4.78 is 38.4. The van der Waals surface area contributed by atoms with Gasteiger partial charge in [-0.15, -0.1) is 12.4 Å². The van der Waals surface area contributed by atoms with Crippen LogP contribution in [0.4, 0.5) is 5.95 Å². The van der Waals surface area contributed by atoms with Gasteiger partial charge in [-0.2, -0.15) is 4.98 Å². The van der Waals surface area contributed by atoms with Crippen LogP contribution in [0, 0.1) is 25.2 Å². The van der Waals surface area contributed by atoms with E-state index in [1.165, 1.54) is 12.1 Å². The van der Waals surface area contributed by atoms with Crippen LogP contribution in [0.2, 0.25) is 0 Å². The number of aromatic nitrogens is 5. The molecule has 0 unspecified atom stereocenters. The van der Waals surface area contributed by atoms with Gasteiger partial charge in [0, 0.05) is 29.6 Å². The van der Waals surface area contributed by atoms with Crippen LogP contribution in [0.3, 0.4) is 0 Å². The SMILES string of the molecule is Cc1cccc(C)c1-c1cc2nc(n1)NS(=O)(=O)c1cccc(c1)C(=O)N(Cc1ccn3cc(C(C)C)nc3n1)[C@H](CC13CC(C1)C3)CO2.Cl. The molecule has 13 heteroatoms. The minimum Gasteiger partial charge on any atom is -0.475 e.